The summed E-state index contributed by atoms with van der Waals surface area (Å²) >= 11 is 0. The number of esters is 2. The summed E-state index contributed by atoms with van der Waals surface area (Å²) in [5.41, 5.74) is 8.97. The van der Waals surface area contributed by atoms with Crippen LogP contribution in [-0.2, 0) is 9.47 Å². The van der Waals surface area contributed by atoms with Gasteiger partial charge in [0.05, 0.1) is 25.3 Å². The normalized spacial score (nSPS) is 10.0. The first-order valence-electron chi connectivity index (χ1n) is 6.84. The third-order valence-corrected chi connectivity index (χ3v) is 3.46. The molecule has 0 unspecified atom stereocenters. The minimum absolute atomic E-state index is 0.350. The highest BCUT2D eigenvalue weighted by molar-refractivity contribution is 5.99. The van der Waals surface area contributed by atoms with E-state index in [4.69, 9.17) is 10.5 Å². The summed E-state index contributed by atoms with van der Waals surface area (Å²) in [6.45, 7) is 4.02. The molecule has 5 heteroatoms. The number of benzene rings is 2. The molecule has 0 heterocycles. The summed E-state index contributed by atoms with van der Waals surface area (Å²) in [5, 5.41) is 0. The van der Waals surface area contributed by atoms with Crippen molar-refractivity contribution in [3.8, 4) is 0 Å². The molecule has 0 radical (unpaired) electrons. The molecule has 0 fully saturated rings. The van der Waals surface area contributed by atoms with E-state index in [1.165, 1.54) is 20.3 Å². The number of methoxy groups -OCH3 is 2. The van der Waals surface area contributed by atoms with Crippen molar-refractivity contribution >= 4 is 23.2 Å². The van der Waals surface area contributed by atoms with Crippen molar-refractivity contribution in [1.82, 2.24) is 0 Å². The molecule has 23 heavy (non-hydrogen) atoms. The summed E-state index contributed by atoms with van der Waals surface area (Å²) in [5.74, 6) is -0.921. The molecule has 2 aromatic rings. The molecular formula is C18H17NO4. The van der Waals surface area contributed by atoms with E-state index in [-0.39, 0.29) is 0 Å². The summed E-state index contributed by atoms with van der Waals surface area (Å²) in [7, 11) is 2.62. The molecule has 0 atom stereocenters. The molecule has 0 aliphatic heterocycles. The lowest BCUT2D eigenvalue weighted by Crippen LogP contribution is -2.07. The lowest BCUT2D eigenvalue weighted by atomic mass is 9.93. The molecule has 0 amide bonds. The molecule has 2 N–H and O–H groups in total. The summed E-state index contributed by atoms with van der Waals surface area (Å²) in [4.78, 5) is 23.4. The van der Waals surface area contributed by atoms with Crippen molar-refractivity contribution in [2.24, 2.45) is 0 Å². The number of carbonyl (C=O) groups is 2. The molecular weight excluding hydrogens is 294 g/mol. The molecule has 0 aliphatic carbocycles. The second kappa shape index (κ2) is 6.79. The van der Waals surface area contributed by atoms with Crippen LogP contribution in [-0.4, -0.2) is 26.2 Å². The van der Waals surface area contributed by atoms with Gasteiger partial charge in [-0.1, -0.05) is 30.8 Å². The second-order valence-corrected chi connectivity index (χ2v) is 4.81. The van der Waals surface area contributed by atoms with Crippen LogP contribution in [0, 0.1) is 0 Å². The first-order valence-corrected chi connectivity index (χ1v) is 6.84. The summed E-state index contributed by atoms with van der Waals surface area (Å²) in [6.07, 6.45) is 0. The Morgan fingerprint density at radius 2 is 1.52 bits per heavy atom. The molecule has 5 nitrogen and oxygen atoms in total. The van der Waals surface area contributed by atoms with Gasteiger partial charge in [0.25, 0.3) is 0 Å². The van der Waals surface area contributed by atoms with Crippen LogP contribution in [0.25, 0.3) is 5.57 Å². The van der Waals surface area contributed by atoms with Gasteiger partial charge in [0.15, 0.2) is 0 Å². The fourth-order valence-electron chi connectivity index (χ4n) is 2.26. The van der Waals surface area contributed by atoms with Gasteiger partial charge in [-0.15, -0.1) is 0 Å². The number of ether oxygens (including phenoxy) is 2. The summed E-state index contributed by atoms with van der Waals surface area (Å²) in [6, 6.07) is 11.8. The highest BCUT2D eigenvalue weighted by atomic mass is 16.5. The molecule has 0 saturated heterocycles. The van der Waals surface area contributed by atoms with Gasteiger partial charge in [-0.3, -0.25) is 0 Å². The molecule has 0 spiro atoms. The Morgan fingerprint density at radius 1 is 0.913 bits per heavy atom. The van der Waals surface area contributed by atoms with E-state index in [0.717, 1.165) is 0 Å². The first-order chi connectivity index (χ1) is 11.0. The maximum Gasteiger partial charge on any atom is 0.338 e. The monoisotopic (exact) mass is 311 g/mol. The quantitative estimate of drug-likeness (QED) is 0.694. The molecule has 0 aromatic heterocycles. The number of nitrogen functional groups attached to an aromatic ring is 1. The highest BCUT2D eigenvalue weighted by Crippen LogP contribution is 2.29. The number of carbonyl (C=O) groups excluding carboxylic acids is 2. The van der Waals surface area contributed by atoms with Gasteiger partial charge in [0, 0.05) is 11.3 Å². The van der Waals surface area contributed by atoms with Gasteiger partial charge in [-0.2, -0.15) is 0 Å². The zero-order chi connectivity index (χ0) is 17.0. The lowest BCUT2D eigenvalue weighted by Gasteiger charge is -2.13. The Labute approximate surface area is 134 Å². The van der Waals surface area contributed by atoms with Crippen molar-refractivity contribution in [3.63, 3.8) is 0 Å². The SMILES string of the molecule is C=C(c1ccc(C(=O)OC)cc1N)c1ccccc1C(=O)OC. The number of hydrogen-bond acceptors (Lipinski definition) is 5. The number of nitrogens with two attached hydrogens (primary N) is 1. The van der Waals surface area contributed by atoms with E-state index in [1.807, 2.05) is 0 Å². The Hall–Kier alpha value is -3.08. The molecule has 2 aromatic carbocycles. The van der Waals surface area contributed by atoms with Crippen molar-refractivity contribution in [3.05, 3.63) is 71.3 Å². The highest BCUT2D eigenvalue weighted by Gasteiger charge is 2.16. The number of hydrogen-bond donors (Lipinski definition) is 1. The second-order valence-electron chi connectivity index (χ2n) is 4.81. The molecule has 118 valence electrons. The van der Waals surface area contributed by atoms with Crippen LogP contribution in [0.2, 0.25) is 0 Å². The third-order valence-electron chi connectivity index (χ3n) is 3.46. The minimum Gasteiger partial charge on any atom is -0.465 e. The predicted molar refractivity (Wildman–Crippen MR) is 88.1 cm³/mol. The Bertz CT molecular complexity index is 780. The van der Waals surface area contributed by atoms with Crippen LogP contribution < -0.4 is 5.73 Å². The fraction of sp³-hybridized carbons (Fsp3) is 0.111. The Kier molecular flexibility index (Phi) is 4.81. The van der Waals surface area contributed by atoms with Crippen LogP contribution in [0.5, 0.6) is 0 Å². The zero-order valence-electron chi connectivity index (χ0n) is 13.0. The minimum atomic E-state index is -0.469. The van der Waals surface area contributed by atoms with Gasteiger partial charge in [-0.25, -0.2) is 9.59 Å². The topological polar surface area (TPSA) is 78.6 Å². The Morgan fingerprint density at radius 3 is 2.09 bits per heavy atom. The van der Waals surface area contributed by atoms with E-state index in [0.29, 0.717) is 33.5 Å². The molecule has 0 bridgehead atoms. The fourth-order valence-corrected chi connectivity index (χ4v) is 2.26. The lowest BCUT2D eigenvalue weighted by molar-refractivity contribution is 0.0592. The van der Waals surface area contributed by atoms with Gasteiger partial charge in [-0.05, 0) is 29.3 Å². The van der Waals surface area contributed by atoms with Gasteiger partial charge < -0.3 is 15.2 Å². The standard InChI is InChI=1S/C18H17NO4/c1-11(13-6-4-5-7-15(13)18(21)23-3)14-9-8-12(10-16(14)19)17(20)22-2/h4-10H,1,19H2,2-3H3. The summed E-state index contributed by atoms with van der Waals surface area (Å²) < 4.78 is 9.45. The van der Waals surface area contributed by atoms with Crippen molar-refractivity contribution in [2.45, 2.75) is 0 Å². The predicted octanol–water partition coefficient (Wildman–Crippen LogP) is 2.90. The van der Waals surface area contributed by atoms with Crippen molar-refractivity contribution < 1.29 is 19.1 Å². The third kappa shape index (κ3) is 3.23. The van der Waals surface area contributed by atoms with Crippen LogP contribution in [0.15, 0.2) is 49.0 Å². The zero-order valence-corrected chi connectivity index (χ0v) is 13.0. The van der Waals surface area contributed by atoms with Gasteiger partial charge in [0.2, 0.25) is 0 Å². The smallest absolute Gasteiger partial charge is 0.338 e. The molecule has 0 saturated carbocycles. The van der Waals surface area contributed by atoms with E-state index < -0.39 is 11.9 Å². The number of anilines is 1. The van der Waals surface area contributed by atoms with Crippen LogP contribution in [0.1, 0.15) is 31.8 Å². The maximum atomic E-state index is 11.9. The molecule has 0 aliphatic rings. The van der Waals surface area contributed by atoms with Crippen molar-refractivity contribution in [2.75, 3.05) is 20.0 Å². The van der Waals surface area contributed by atoms with Gasteiger partial charge >= 0.3 is 11.9 Å². The van der Waals surface area contributed by atoms with E-state index in [9.17, 15) is 9.59 Å². The van der Waals surface area contributed by atoms with E-state index in [2.05, 4.69) is 11.3 Å². The van der Waals surface area contributed by atoms with Gasteiger partial charge in [0.1, 0.15) is 0 Å². The van der Waals surface area contributed by atoms with E-state index >= 15 is 0 Å². The van der Waals surface area contributed by atoms with E-state index in [1.54, 1.807) is 36.4 Å². The van der Waals surface area contributed by atoms with Crippen LogP contribution in [0.3, 0.4) is 0 Å². The van der Waals surface area contributed by atoms with Crippen LogP contribution >= 0.6 is 0 Å². The van der Waals surface area contributed by atoms with Crippen LogP contribution in [0.4, 0.5) is 5.69 Å². The largest absolute Gasteiger partial charge is 0.465 e. The molecule has 2 rings (SSSR count). The van der Waals surface area contributed by atoms with Crippen molar-refractivity contribution in [1.29, 1.82) is 0 Å². The average Bonchev–Trinajstić information content (AvgIpc) is 2.59. The number of rotatable bonds is 4. The average molecular weight is 311 g/mol. The maximum absolute atomic E-state index is 11.9. The first kappa shape index (κ1) is 16.3. The Balaban J connectivity index is 2.46.